The third kappa shape index (κ3) is 4.15. The molecule has 0 bridgehead atoms. The molecule has 2 aromatic rings. The van der Waals surface area contributed by atoms with Crippen LogP contribution in [0.2, 0.25) is 0 Å². The van der Waals surface area contributed by atoms with E-state index in [4.69, 9.17) is 9.52 Å². The number of nitrogens with zero attached hydrogens (tertiary/aromatic N) is 1. The van der Waals surface area contributed by atoms with Gasteiger partial charge in [0.25, 0.3) is 0 Å². The molecule has 4 rings (SSSR count). The lowest BCUT2D eigenvalue weighted by Crippen LogP contribution is -2.40. The van der Waals surface area contributed by atoms with Gasteiger partial charge in [-0.1, -0.05) is 19.1 Å². The summed E-state index contributed by atoms with van der Waals surface area (Å²) in [5, 5.41) is 11.9. The summed E-state index contributed by atoms with van der Waals surface area (Å²) in [7, 11) is 0. The van der Waals surface area contributed by atoms with Crippen LogP contribution in [0.3, 0.4) is 0 Å². The van der Waals surface area contributed by atoms with Gasteiger partial charge in [-0.2, -0.15) is 0 Å². The highest BCUT2D eigenvalue weighted by Gasteiger charge is 2.37. The average molecular weight is 368 g/mol. The van der Waals surface area contributed by atoms with Gasteiger partial charge in [-0.05, 0) is 55.0 Å². The summed E-state index contributed by atoms with van der Waals surface area (Å²) in [6.07, 6.45) is 3.22. The van der Waals surface area contributed by atoms with E-state index >= 15 is 0 Å². The summed E-state index contributed by atoms with van der Waals surface area (Å²) < 4.78 is 5.96. The fourth-order valence-corrected chi connectivity index (χ4v) is 3.36. The smallest absolute Gasteiger partial charge is 0.335 e. The van der Waals surface area contributed by atoms with Crippen molar-refractivity contribution in [3.8, 4) is 0 Å². The van der Waals surface area contributed by atoms with Gasteiger partial charge >= 0.3 is 12.0 Å². The SMILES string of the molecule is CC1CC1c1ccc(CN(C(=O)NCc2ccc(C(=O)O)cc2)C2CC2)o1. The maximum atomic E-state index is 12.7. The van der Waals surface area contributed by atoms with Gasteiger partial charge in [-0.3, -0.25) is 0 Å². The van der Waals surface area contributed by atoms with Crippen molar-refractivity contribution in [1.29, 1.82) is 0 Å². The molecule has 1 aromatic carbocycles. The minimum absolute atomic E-state index is 0.113. The molecule has 2 saturated carbocycles. The Kier molecular flexibility index (Phi) is 4.64. The minimum atomic E-state index is -0.955. The van der Waals surface area contributed by atoms with E-state index < -0.39 is 5.97 Å². The molecular weight excluding hydrogens is 344 g/mol. The number of carboxylic acid groups (broad SMARTS) is 1. The molecule has 142 valence electrons. The first kappa shape index (κ1) is 17.6. The van der Waals surface area contributed by atoms with E-state index in [-0.39, 0.29) is 17.6 Å². The Bertz CT molecular complexity index is 838. The van der Waals surface area contributed by atoms with E-state index in [0.717, 1.165) is 29.9 Å². The lowest BCUT2D eigenvalue weighted by Gasteiger charge is -2.22. The molecule has 2 fully saturated rings. The number of carboxylic acids is 1. The zero-order chi connectivity index (χ0) is 19.0. The molecule has 1 heterocycles. The predicted octanol–water partition coefficient (Wildman–Crippen LogP) is 3.98. The standard InChI is InChI=1S/C21H24N2O4/c1-13-10-18(13)19-9-8-17(27-19)12-23(16-6-7-16)21(26)22-11-14-2-4-15(5-3-14)20(24)25/h2-5,8-9,13,16,18H,6-7,10-12H2,1H3,(H,22,26)(H,24,25). The van der Waals surface area contributed by atoms with Gasteiger partial charge in [0.1, 0.15) is 11.5 Å². The van der Waals surface area contributed by atoms with Crippen molar-refractivity contribution in [1.82, 2.24) is 10.2 Å². The minimum Gasteiger partial charge on any atom is -0.478 e. The van der Waals surface area contributed by atoms with Crippen molar-refractivity contribution in [2.75, 3.05) is 0 Å². The molecule has 2 aliphatic rings. The molecular formula is C21H24N2O4. The van der Waals surface area contributed by atoms with Crippen molar-refractivity contribution in [3.63, 3.8) is 0 Å². The van der Waals surface area contributed by atoms with Gasteiger partial charge in [0.15, 0.2) is 0 Å². The monoisotopic (exact) mass is 368 g/mol. The number of benzene rings is 1. The number of carbonyl (C=O) groups is 2. The second-order valence-corrected chi connectivity index (χ2v) is 7.64. The quantitative estimate of drug-likeness (QED) is 0.774. The van der Waals surface area contributed by atoms with Gasteiger partial charge in [-0.15, -0.1) is 0 Å². The summed E-state index contributed by atoms with van der Waals surface area (Å²) in [4.78, 5) is 25.4. The number of hydrogen-bond acceptors (Lipinski definition) is 3. The van der Waals surface area contributed by atoms with Crippen molar-refractivity contribution >= 4 is 12.0 Å². The topological polar surface area (TPSA) is 82.8 Å². The third-order valence-corrected chi connectivity index (χ3v) is 5.38. The van der Waals surface area contributed by atoms with Crippen LogP contribution in [0.5, 0.6) is 0 Å². The van der Waals surface area contributed by atoms with E-state index in [0.29, 0.717) is 24.9 Å². The Balaban J connectivity index is 1.35. The zero-order valence-electron chi connectivity index (χ0n) is 15.4. The van der Waals surface area contributed by atoms with Crippen LogP contribution in [0.15, 0.2) is 40.8 Å². The lowest BCUT2D eigenvalue weighted by atomic mass is 10.1. The molecule has 1 aromatic heterocycles. The van der Waals surface area contributed by atoms with E-state index in [1.165, 1.54) is 6.42 Å². The van der Waals surface area contributed by atoms with Gasteiger partial charge in [-0.25, -0.2) is 9.59 Å². The normalized spacial score (nSPS) is 20.9. The molecule has 2 amide bonds. The van der Waals surface area contributed by atoms with Crippen LogP contribution in [-0.2, 0) is 13.1 Å². The van der Waals surface area contributed by atoms with E-state index in [1.54, 1.807) is 24.3 Å². The molecule has 0 saturated heterocycles. The highest BCUT2D eigenvalue weighted by Crippen LogP contribution is 2.47. The molecule has 0 spiro atoms. The van der Waals surface area contributed by atoms with Crippen LogP contribution in [0.25, 0.3) is 0 Å². The second kappa shape index (κ2) is 7.10. The molecule has 2 atom stereocenters. The number of furan rings is 1. The maximum Gasteiger partial charge on any atom is 0.335 e. The number of carbonyl (C=O) groups excluding carboxylic acids is 1. The highest BCUT2D eigenvalue weighted by atomic mass is 16.4. The summed E-state index contributed by atoms with van der Waals surface area (Å²) in [6.45, 7) is 3.07. The van der Waals surface area contributed by atoms with E-state index in [1.807, 2.05) is 17.0 Å². The molecule has 2 unspecified atom stereocenters. The molecule has 0 aliphatic heterocycles. The largest absolute Gasteiger partial charge is 0.478 e. The highest BCUT2D eigenvalue weighted by molar-refractivity contribution is 5.87. The van der Waals surface area contributed by atoms with Gasteiger partial charge in [0.05, 0.1) is 12.1 Å². The number of urea groups is 1. The lowest BCUT2D eigenvalue weighted by molar-refractivity contribution is 0.0697. The Morgan fingerprint density at radius 1 is 1.19 bits per heavy atom. The van der Waals surface area contributed by atoms with Crippen LogP contribution >= 0.6 is 0 Å². The van der Waals surface area contributed by atoms with Crippen LogP contribution in [0.1, 0.15) is 59.5 Å². The third-order valence-electron chi connectivity index (χ3n) is 5.38. The fraction of sp³-hybridized carbons (Fsp3) is 0.429. The van der Waals surface area contributed by atoms with Gasteiger partial charge < -0.3 is 19.7 Å². The fourth-order valence-electron chi connectivity index (χ4n) is 3.36. The number of aromatic carboxylic acids is 1. The molecule has 2 N–H and O–H groups in total. The summed E-state index contributed by atoms with van der Waals surface area (Å²) >= 11 is 0. The van der Waals surface area contributed by atoms with Crippen molar-refractivity contribution in [2.24, 2.45) is 5.92 Å². The zero-order valence-corrected chi connectivity index (χ0v) is 15.4. The number of hydrogen-bond donors (Lipinski definition) is 2. The number of nitrogens with one attached hydrogen (secondary N) is 1. The van der Waals surface area contributed by atoms with Crippen LogP contribution in [-0.4, -0.2) is 28.0 Å². The Labute approximate surface area is 158 Å². The predicted molar refractivity (Wildman–Crippen MR) is 99.4 cm³/mol. The van der Waals surface area contributed by atoms with Crippen LogP contribution in [0.4, 0.5) is 4.79 Å². The summed E-state index contributed by atoms with van der Waals surface area (Å²) in [5.74, 6) is 2.14. The van der Waals surface area contributed by atoms with E-state index in [9.17, 15) is 9.59 Å². The van der Waals surface area contributed by atoms with Crippen molar-refractivity contribution in [2.45, 2.75) is 51.2 Å². The van der Waals surface area contributed by atoms with Crippen LogP contribution in [0, 0.1) is 5.92 Å². The molecule has 0 radical (unpaired) electrons. The Morgan fingerprint density at radius 2 is 1.89 bits per heavy atom. The first-order chi connectivity index (χ1) is 13.0. The van der Waals surface area contributed by atoms with Gasteiger partial charge in [0.2, 0.25) is 0 Å². The molecule has 27 heavy (non-hydrogen) atoms. The van der Waals surface area contributed by atoms with Crippen molar-refractivity contribution < 1.29 is 19.1 Å². The molecule has 6 heteroatoms. The van der Waals surface area contributed by atoms with E-state index in [2.05, 4.69) is 12.2 Å². The molecule has 2 aliphatic carbocycles. The summed E-state index contributed by atoms with van der Waals surface area (Å²) in [6, 6.07) is 10.7. The summed E-state index contributed by atoms with van der Waals surface area (Å²) in [5.41, 5.74) is 1.11. The maximum absolute atomic E-state index is 12.7. The average Bonchev–Trinajstić information content (AvgIpc) is 3.58. The molecule has 6 nitrogen and oxygen atoms in total. The Morgan fingerprint density at radius 3 is 2.48 bits per heavy atom. The second-order valence-electron chi connectivity index (χ2n) is 7.64. The first-order valence-corrected chi connectivity index (χ1v) is 9.46. The number of rotatable bonds is 7. The van der Waals surface area contributed by atoms with Crippen LogP contribution < -0.4 is 5.32 Å². The van der Waals surface area contributed by atoms with Gasteiger partial charge in [0, 0.05) is 18.5 Å². The Hall–Kier alpha value is -2.76. The first-order valence-electron chi connectivity index (χ1n) is 9.46. The number of amides is 2. The van der Waals surface area contributed by atoms with Crippen molar-refractivity contribution in [3.05, 3.63) is 59.0 Å².